The molecule has 0 bridgehead atoms. The third-order valence-electron chi connectivity index (χ3n) is 2.64. The molecule has 0 amide bonds. The summed E-state index contributed by atoms with van der Waals surface area (Å²) in [6.07, 6.45) is 0. The van der Waals surface area contributed by atoms with Crippen molar-refractivity contribution in [3.63, 3.8) is 0 Å². The van der Waals surface area contributed by atoms with Crippen molar-refractivity contribution in [2.75, 3.05) is 0 Å². The van der Waals surface area contributed by atoms with Crippen LogP contribution in [-0.4, -0.2) is 0 Å². The normalized spacial score (nSPS) is 10.0. The summed E-state index contributed by atoms with van der Waals surface area (Å²) < 4.78 is 0. The maximum absolute atomic E-state index is 9.13. The van der Waals surface area contributed by atoms with Gasteiger partial charge >= 0.3 is 0 Å². The molecule has 0 aromatic heterocycles. The second-order valence-electron chi connectivity index (χ2n) is 3.92. The summed E-state index contributed by atoms with van der Waals surface area (Å²) in [4.78, 5) is 1.01. The lowest BCUT2D eigenvalue weighted by atomic mass is 10.1. The van der Waals surface area contributed by atoms with Gasteiger partial charge in [-0.2, -0.15) is 5.26 Å². The van der Waals surface area contributed by atoms with Gasteiger partial charge in [0.05, 0.1) is 5.56 Å². The highest BCUT2D eigenvalue weighted by molar-refractivity contribution is 7.98. The first-order valence-electron chi connectivity index (χ1n) is 5.73. The third kappa shape index (κ3) is 3.13. The molecule has 0 fully saturated rings. The van der Waals surface area contributed by atoms with E-state index in [-0.39, 0.29) is 0 Å². The van der Waals surface area contributed by atoms with E-state index in [2.05, 4.69) is 18.2 Å². The molecule has 0 radical (unpaired) electrons. The van der Waals surface area contributed by atoms with E-state index in [1.54, 1.807) is 11.8 Å². The first kappa shape index (κ1) is 12.7. The second-order valence-corrected chi connectivity index (χ2v) is 4.94. The minimum Gasteiger partial charge on any atom is -0.326 e. The predicted molar refractivity (Wildman–Crippen MR) is 75.1 cm³/mol. The molecule has 2 rings (SSSR count). The monoisotopic (exact) mass is 254 g/mol. The first-order valence-corrected chi connectivity index (χ1v) is 6.72. The average molecular weight is 254 g/mol. The highest BCUT2D eigenvalue weighted by Crippen LogP contribution is 2.26. The molecule has 2 nitrogen and oxygen atoms in total. The van der Waals surface area contributed by atoms with E-state index in [0.29, 0.717) is 12.1 Å². The zero-order valence-electron chi connectivity index (χ0n) is 9.97. The quantitative estimate of drug-likeness (QED) is 0.852. The summed E-state index contributed by atoms with van der Waals surface area (Å²) in [5.74, 6) is 0.873. The largest absolute Gasteiger partial charge is 0.326 e. The molecule has 0 saturated heterocycles. The number of nitrogens with two attached hydrogens (primary N) is 1. The molecule has 0 spiro atoms. The predicted octanol–water partition coefficient (Wildman–Crippen LogP) is 3.31. The van der Waals surface area contributed by atoms with Gasteiger partial charge in [0.15, 0.2) is 0 Å². The Morgan fingerprint density at radius 1 is 1.06 bits per heavy atom. The first-order chi connectivity index (χ1) is 8.83. The van der Waals surface area contributed by atoms with Crippen LogP contribution >= 0.6 is 11.8 Å². The van der Waals surface area contributed by atoms with Gasteiger partial charge in [-0.25, -0.2) is 0 Å². The molecule has 0 saturated carbocycles. The molecular formula is C15H14N2S. The van der Waals surface area contributed by atoms with Crippen molar-refractivity contribution in [1.29, 1.82) is 5.26 Å². The highest BCUT2D eigenvalue weighted by atomic mass is 32.2. The van der Waals surface area contributed by atoms with Crippen molar-refractivity contribution in [2.24, 2.45) is 5.73 Å². The number of nitriles is 1. The molecule has 0 unspecified atom stereocenters. The fourth-order valence-corrected chi connectivity index (χ4v) is 2.59. The maximum atomic E-state index is 9.13. The summed E-state index contributed by atoms with van der Waals surface area (Å²) >= 11 is 1.68. The number of hydrogen-bond acceptors (Lipinski definition) is 3. The number of nitrogens with zero attached hydrogens (tertiary/aromatic N) is 1. The zero-order chi connectivity index (χ0) is 12.8. The van der Waals surface area contributed by atoms with Crippen molar-refractivity contribution < 1.29 is 0 Å². The fourth-order valence-electron chi connectivity index (χ4n) is 1.65. The van der Waals surface area contributed by atoms with Crippen LogP contribution in [0.5, 0.6) is 0 Å². The molecule has 0 atom stereocenters. The third-order valence-corrected chi connectivity index (χ3v) is 3.78. The molecule has 2 aromatic rings. The van der Waals surface area contributed by atoms with Gasteiger partial charge in [-0.1, -0.05) is 36.4 Å². The molecule has 18 heavy (non-hydrogen) atoms. The van der Waals surface area contributed by atoms with E-state index in [4.69, 9.17) is 11.0 Å². The number of hydrogen-bond donors (Lipinski definition) is 1. The Kier molecular flexibility index (Phi) is 4.40. The van der Waals surface area contributed by atoms with Crippen LogP contribution in [0.15, 0.2) is 53.4 Å². The Bertz CT molecular complexity index is 558. The molecule has 90 valence electrons. The van der Waals surface area contributed by atoms with Crippen LogP contribution in [0.2, 0.25) is 0 Å². The van der Waals surface area contributed by atoms with Gasteiger partial charge in [0.25, 0.3) is 0 Å². The lowest BCUT2D eigenvalue weighted by molar-refractivity contribution is 1.06. The van der Waals surface area contributed by atoms with Crippen LogP contribution < -0.4 is 5.73 Å². The standard InChI is InChI=1S/C15H14N2S/c16-9-13-6-7-15(14(8-13)10-17)18-11-12-4-2-1-3-5-12/h1-8H,9,11,16H2. The van der Waals surface area contributed by atoms with E-state index < -0.39 is 0 Å². The summed E-state index contributed by atoms with van der Waals surface area (Å²) in [5, 5.41) is 9.13. The molecule has 0 aliphatic heterocycles. The molecule has 3 heteroatoms. The molecule has 0 aliphatic carbocycles. The molecule has 0 aliphatic rings. The fraction of sp³-hybridized carbons (Fsp3) is 0.133. The Hall–Kier alpha value is -1.76. The SMILES string of the molecule is N#Cc1cc(CN)ccc1SCc1ccccc1. The topological polar surface area (TPSA) is 49.8 Å². The van der Waals surface area contributed by atoms with Crippen LogP contribution in [0.3, 0.4) is 0 Å². The van der Waals surface area contributed by atoms with Crippen LogP contribution in [0.1, 0.15) is 16.7 Å². The number of thioether (sulfide) groups is 1. The summed E-state index contributed by atoms with van der Waals surface area (Å²) in [6.45, 7) is 0.471. The van der Waals surface area contributed by atoms with Gasteiger partial charge < -0.3 is 5.73 Å². The Labute approximate surface area is 111 Å². The van der Waals surface area contributed by atoms with E-state index in [9.17, 15) is 0 Å². The van der Waals surface area contributed by atoms with Crippen molar-refractivity contribution in [1.82, 2.24) is 0 Å². The van der Waals surface area contributed by atoms with Gasteiger partial charge in [-0.15, -0.1) is 11.8 Å². The summed E-state index contributed by atoms with van der Waals surface area (Å²) in [6, 6.07) is 18.3. The molecule has 2 aromatic carbocycles. The number of benzene rings is 2. The van der Waals surface area contributed by atoms with Gasteiger partial charge in [0, 0.05) is 17.2 Å². The minimum absolute atomic E-state index is 0.471. The van der Waals surface area contributed by atoms with Gasteiger partial charge in [-0.05, 0) is 23.3 Å². The van der Waals surface area contributed by atoms with Gasteiger partial charge in [0.1, 0.15) is 6.07 Å². The van der Waals surface area contributed by atoms with E-state index in [1.165, 1.54) is 5.56 Å². The van der Waals surface area contributed by atoms with Crippen LogP contribution in [-0.2, 0) is 12.3 Å². The van der Waals surface area contributed by atoms with Crippen molar-refractivity contribution in [2.45, 2.75) is 17.2 Å². The Balaban J connectivity index is 2.12. The van der Waals surface area contributed by atoms with E-state index >= 15 is 0 Å². The Morgan fingerprint density at radius 3 is 2.50 bits per heavy atom. The Morgan fingerprint density at radius 2 is 1.83 bits per heavy atom. The van der Waals surface area contributed by atoms with E-state index in [1.807, 2.05) is 36.4 Å². The highest BCUT2D eigenvalue weighted by Gasteiger charge is 2.04. The van der Waals surface area contributed by atoms with Crippen LogP contribution in [0, 0.1) is 11.3 Å². The maximum Gasteiger partial charge on any atom is 0.100 e. The lowest BCUT2D eigenvalue weighted by Gasteiger charge is -2.06. The van der Waals surface area contributed by atoms with Gasteiger partial charge in [-0.3, -0.25) is 0 Å². The van der Waals surface area contributed by atoms with Crippen molar-refractivity contribution in [3.8, 4) is 6.07 Å². The lowest BCUT2D eigenvalue weighted by Crippen LogP contribution is -1.97. The number of rotatable bonds is 4. The summed E-state index contributed by atoms with van der Waals surface area (Å²) in [5.41, 5.74) is 8.53. The van der Waals surface area contributed by atoms with Crippen LogP contribution in [0.25, 0.3) is 0 Å². The smallest absolute Gasteiger partial charge is 0.100 e. The van der Waals surface area contributed by atoms with Crippen LogP contribution in [0.4, 0.5) is 0 Å². The van der Waals surface area contributed by atoms with Crippen molar-refractivity contribution in [3.05, 3.63) is 65.2 Å². The minimum atomic E-state index is 0.471. The summed E-state index contributed by atoms with van der Waals surface area (Å²) in [7, 11) is 0. The molecule has 0 heterocycles. The zero-order valence-corrected chi connectivity index (χ0v) is 10.8. The van der Waals surface area contributed by atoms with Gasteiger partial charge in [0.2, 0.25) is 0 Å². The van der Waals surface area contributed by atoms with E-state index in [0.717, 1.165) is 16.2 Å². The molecule has 2 N–H and O–H groups in total. The van der Waals surface area contributed by atoms with Crippen molar-refractivity contribution >= 4 is 11.8 Å². The second kappa shape index (κ2) is 6.25. The molecular weight excluding hydrogens is 240 g/mol. The average Bonchev–Trinajstić information content (AvgIpc) is 2.46.